The molecule has 0 unspecified atom stereocenters. The van der Waals surface area contributed by atoms with E-state index in [1.165, 1.54) is 29.7 Å². The summed E-state index contributed by atoms with van der Waals surface area (Å²) in [5, 5.41) is 7.47. The van der Waals surface area contributed by atoms with Gasteiger partial charge in [-0.2, -0.15) is 5.10 Å². The normalized spacial score (nSPS) is 11.0. The van der Waals surface area contributed by atoms with Crippen molar-refractivity contribution in [3.05, 3.63) is 60.3 Å². The number of methoxy groups -OCH3 is 1. The molecular weight excluding hydrogens is 400 g/mol. The average molecular weight is 437 g/mol. The average Bonchev–Trinajstić information content (AvgIpc) is 3.28. The van der Waals surface area contributed by atoms with E-state index in [9.17, 15) is 0 Å². The number of aromatic nitrogens is 2. The molecule has 0 aliphatic rings. The van der Waals surface area contributed by atoms with Crippen LogP contribution in [-0.2, 0) is 6.54 Å². The van der Waals surface area contributed by atoms with Crippen molar-refractivity contribution in [1.82, 2.24) is 15.1 Å². The van der Waals surface area contributed by atoms with Gasteiger partial charge in [0.1, 0.15) is 11.5 Å². The summed E-state index contributed by atoms with van der Waals surface area (Å²) in [6.45, 7) is 5.84. The molecule has 0 aliphatic heterocycles. The third-order valence-corrected chi connectivity index (χ3v) is 5.61. The monoisotopic (exact) mass is 436 g/mol. The van der Waals surface area contributed by atoms with Crippen LogP contribution in [0.3, 0.4) is 0 Å². The summed E-state index contributed by atoms with van der Waals surface area (Å²) in [6, 6.07) is 16.4. The number of anilines is 1. The van der Waals surface area contributed by atoms with Crippen LogP contribution in [0.5, 0.6) is 11.5 Å². The van der Waals surface area contributed by atoms with Gasteiger partial charge < -0.3 is 19.3 Å². The van der Waals surface area contributed by atoms with Crippen molar-refractivity contribution in [1.29, 1.82) is 0 Å². The molecule has 0 spiro atoms. The van der Waals surface area contributed by atoms with Gasteiger partial charge in [0.05, 0.1) is 25.6 Å². The van der Waals surface area contributed by atoms with Gasteiger partial charge in [0.2, 0.25) is 0 Å². The first-order valence-electron chi connectivity index (χ1n) is 11.4. The maximum atomic E-state index is 5.83. The zero-order valence-corrected chi connectivity index (χ0v) is 19.8. The summed E-state index contributed by atoms with van der Waals surface area (Å²) in [4.78, 5) is 4.61. The lowest BCUT2D eigenvalue weighted by molar-refractivity contribution is 0.312. The van der Waals surface area contributed by atoms with E-state index in [1.54, 1.807) is 7.11 Å². The quantitative estimate of drug-likeness (QED) is 0.372. The number of rotatable bonds is 13. The van der Waals surface area contributed by atoms with Gasteiger partial charge in [-0.05, 0) is 62.8 Å². The molecule has 0 amide bonds. The van der Waals surface area contributed by atoms with Crippen molar-refractivity contribution in [2.75, 3.05) is 45.8 Å². The zero-order valence-electron chi connectivity index (χ0n) is 19.8. The van der Waals surface area contributed by atoms with Crippen LogP contribution in [0, 0.1) is 0 Å². The Balaban J connectivity index is 1.49. The zero-order chi connectivity index (χ0) is 22.8. The molecule has 0 radical (unpaired) electrons. The van der Waals surface area contributed by atoms with Crippen molar-refractivity contribution in [3.63, 3.8) is 0 Å². The Morgan fingerprint density at radius 2 is 1.62 bits per heavy atom. The molecule has 0 atom stereocenters. The first kappa shape index (κ1) is 23.7. The molecule has 0 saturated heterocycles. The summed E-state index contributed by atoms with van der Waals surface area (Å²) in [6.07, 6.45) is 5.32. The predicted octanol–water partition coefficient (Wildman–Crippen LogP) is 5.22. The number of ether oxygens (including phenoxy) is 2. The highest BCUT2D eigenvalue weighted by atomic mass is 16.5. The number of nitrogens with one attached hydrogen (secondary N) is 1. The smallest absolute Gasteiger partial charge is 0.119 e. The first-order valence-corrected chi connectivity index (χ1v) is 11.4. The molecule has 6 nitrogen and oxygen atoms in total. The van der Waals surface area contributed by atoms with Gasteiger partial charge in [-0.1, -0.05) is 25.5 Å². The standard InChI is InChI=1S/C26H36N4O2/c1-5-6-16-29(2)20-22-19-27-28-26(22)21-8-10-23(11-9-21)30(3)17-7-18-32-25-14-12-24(31-4)13-15-25/h8-15,19H,5-7,16-18,20H2,1-4H3,(H,27,28). The number of hydrogen-bond donors (Lipinski definition) is 1. The fourth-order valence-corrected chi connectivity index (χ4v) is 3.65. The summed E-state index contributed by atoms with van der Waals surface area (Å²) in [7, 11) is 5.95. The second kappa shape index (κ2) is 12.2. The highest BCUT2D eigenvalue weighted by Gasteiger charge is 2.11. The van der Waals surface area contributed by atoms with Crippen LogP contribution < -0.4 is 14.4 Å². The Bertz CT molecular complexity index is 922. The molecule has 1 aromatic heterocycles. The molecule has 1 N–H and O–H groups in total. The Labute approximate surface area is 192 Å². The molecule has 0 bridgehead atoms. The van der Waals surface area contributed by atoms with Gasteiger partial charge in [0.25, 0.3) is 0 Å². The van der Waals surface area contributed by atoms with E-state index in [1.807, 2.05) is 30.5 Å². The minimum atomic E-state index is 0.678. The number of aromatic amines is 1. The summed E-state index contributed by atoms with van der Waals surface area (Å²) in [5.41, 5.74) is 4.71. The van der Waals surface area contributed by atoms with Crippen LogP contribution in [-0.4, -0.2) is 56.0 Å². The van der Waals surface area contributed by atoms with E-state index in [-0.39, 0.29) is 0 Å². The number of hydrogen-bond acceptors (Lipinski definition) is 5. The van der Waals surface area contributed by atoms with Crippen LogP contribution >= 0.6 is 0 Å². The van der Waals surface area contributed by atoms with Gasteiger partial charge in [0.15, 0.2) is 0 Å². The highest BCUT2D eigenvalue weighted by molar-refractivity contribution is 5.65. The topological polar surface area (TPSA) is 53.6 Å². The van der Waals surface area contributed by atoms with E-state index in [2.05, 4.69) is 65.3 Å². The Morgan fingerprint density at radius 1 is 0.906 bits per heavy atom. The number of H-pyrrole nitrogens is 1. The van der Waals surface area contributed by atoms with Gasteiger partial charge in [0, 0.05) is 37.0 Å². The summed E-state index contributed by atoms with van der Waals surface area (Å²) >= 11 is 0. The van der Waals surface area contributed by atoms with Crippen LogP contribution in [0.25, 0.3) is 11.3 Å². The largest absolute Gasteiger partial charge is 0.497 e. The lowest BCUT2D eigenvalue weighted by atomic mass is 10.1. The molecular formula is C26H36N4O2. The lowest BCUT2D eigenvalue weighted by Gasteiger charge is -2.20. The molecule has 2 aromatic carbocycles. The summed E-state index contributed by atoms with van der Waals surface area (Å²) in [5.74, 6) is 1.71. The fourth-order valence-electron chi connectivity index (χ4n) is 3.65. The van der Waals surface area contributed by atoms with Gasteiger partial charge >= 0.3 is 0 Å². The number of nitrogens with zero attached hydrogens (tertiary/aromatic N) is 3. The molecule has 32 heavy (non-hydrogen) atoms. The first-order chi connectivity index (χ1) is 15.6. The van der Waals surface area contributed by atoms with Crippen molar-refractivity contribution >= 4 is 5.69 Å². The second-order valence-electron chi connectivity index (χ2n) is 8.21. The Hall–Kier alpha value is -2.99. The van der Waals surface area contributed by atoms with Gasteiger partial charge in [-0.15, -0.1) is 0 Å². The van der Waals surface area contributed by atoms with Crippen LogP contribution in [0.2, 0.25) is 0 Å². The SMILES string of the molecule is CCCCN(C)Cc1cn[nH]c1-c1ccc(N(C)CCCOc2ccc(OC)cc2)cc1. The minimum Gasteiger partial charge on any atom is -0.497 e. The molecule has 1 heterocycles. The highest BCUT2D eigenvalue weighted by Crippen LogP contribution is 2.25. The third-order valence-electron chi connectivity index (χ3n) is 5.61. The molecule has 172 valence electrons. The molecule has 0 aliphatic carbocycles. The molecule has 0 fully saturated rings. The molecule has 0 saturated carbocycles. The maximum absolute atomic E-state index is 5.83. The fraction of sp³-hybridized carbons (Fsp3) is 0.423. The van der Waals surface area contributed by atoms with Crippen molar-refractivity contribution in [2.24, 2.45) is 0 Å². The van der Waals surface area contributed by atoms with Crippen molar-refractivity contribution in [3.8, 4) is 22.8 Å². The lowest BCUT2D eigenvalue weighted by Crippen LogP contribution is -2.20. The van der Waals surface area contributed by atoms with Crippen molar-refractivity contribution in [2.45, 2.75) is 32.7 Å². The number of unbranched alkanes of at least 4 members (excludes halogenated alkanes) is 1. The van der Waals surface area contributed by atoms with E-state index >= 15 is 0 Å². The van der Waals surface area contributed by atoms with Gasteiger partial charge in [-0.25, -0.2) is 0 Å². The molecule has 6 heteroatoms. The van der Waals surface area contributed by atoms with Gasteiger partial charge in [-0.3, -0.25) is 5.10 Å². The van der Waals surface area contributed by atoms with E-state index in [4.69, 9.17) is 9.47 Å². The maximum Gasteiger partial charge on any atom is 0.119 e. The van der Waals surface area contributed by atoms with Crippen LogP contribution in [0.1, 0.15) is 31.7 Å². The third kappa shape index (κ3) is 6.76. The Kier molecular flexibility index (Phi) is 8.99. The van der Waals surface area contributed by atoms with E-state index < -0.39 is 0 Å². The summed E-state index contributed by atoms with van der Waals surface area (Å²) < 4.78 is 11.0. The second-order valence-corrected chi connectivity index (χ2v) is 8.21. The molecule has 3 aromatic rings. The predicted molar refractivity (Wildman–Crippen MR) is 132 cm³/mol. The number of benzene rings is 2. The van der Waals surface area contributed by atoms with E-state index in [0.717, 1.165) is 43.2 Å². The molecule has 3 rings (SSSR count). The van der Waals surface area contributed by atoms with Crippen molar-refractivity contribution < 1.29 is 9.47 Å². The Morgan fingerprint density at radius 3 is 2.31 bits per heavy atom. The van der Waals surface area contributed by atoms with E-state index in [0.29, 0.717) is 6.61 Å². The van der Waals surface area contributed by atoms with Crippen LogP contribution in [0.4, 0.5) is 5.69 Å². The van der Waals surface area contributed by atoms with Crippen LogP contribution in [0.15, 0.2) is 54.7 Å². The minimum absolute atomic E-state index is 0.678.